The smallest absolute Gasteiger partial charge is 0.0522 e. The van der Waals surface area contributed by atoms with Crippen LogP contribution in [0.2, 0.25) is 10.0 Å². The molecule has 0 spiro atoms. The zero-order valence-electron chi connectivity index (χ0n) is 11.7. The fourth-order valence-corrected chi connectivity index (χ4v) is 2.76. The lowest BCUT2D eigenvalue weighted by molar-refractivity contribution is 0.529. The Morgan fingerprint density at radius 3 is 2.50 bits per heavy atom. The third-order valence-electron chi connectivity index (χ3n) is 3.13. The van der Waals surface area contributed by atoms with Gasteiger partial charge in [-0.05, 0) is 48.7 Å². The molecule has 1 aromatic heterocycles. The van der Waals surface area contributed by atoms with E-state index in [0.717, 1.165) is 24.9 Å². The van der Waals surface area contributed by atoms with Gasteiger partial charge in [0.25, 0.3) is 0 Å². The van der Waals surface area contributed by atoms with E-state index < -0.39 is 0 Å². The summed E-state index contributed by atoms with van der Waals surface area (Å²) in [7, 11) is 1.92. The van der Waals surface area contributed by atoms with Crippen molar-refractivity contribution in [1.82, 2.24) is 15.1 Å². The largest absolute Gasteiger partial charge is 0.310 e. The highest BCUT2D eigenvalue weighted by Crippen LogP contribution is 2.25. The molecule has 108 valence electrons. The molecule has 0 amide bonds. The Labute approximate surface area is 129 Å². The highest BCUT2D eigenvalue weighted by atomic mass is 35.5. The molecule has 1 heterocycles. The number of aryl methyl sites for hydroxylation is 1. The molecule has 2 rings (SSSR count). The molecule has 1 unspecified atom stereocenters. The summed E-state index contributed by atoms with van der Waals surface area (Å²) in [5.41, 5.74) is 2.30. The van der Waals surface area contributed by atoms with Gasteiger partial charge in [-0.15, -0.1) is 0 Å². The Kier molecular flexibility index (Phi) is 5.46. The van der Waals surface area contributed by atoms with Crippen LogP contribution < -0.4 is 5.32 Å². The highest BCUT2D eigenvalue weighted by Gasteiger charge is 2.14. The van der Waals surface area contributed by atoms with Crippen LogP contribution in [-0.2, 0) is 13.5 Å². The van der Waals surface area contributed by atoms with Crippen molar-refractivity contribution in [3.63, 3.8) is 0 Å². The molecule has 0 aliphatic rings. The second kappa shape index (κ2) is 7.11. The molecule has 1 aromatic carbocycles. The summed E-state index contributed by atoms with van der Waals surface area (Å²) in [6.45, 7) is 3.11. The summed E-state index contributed by atoms with van der Waals surface area (Å²) < 4.78 is 1.82. The predicted octanol–water partition coefficient (Wildman–Crippen LogP) is 4.01. The van der Waals surface area contributed by atoms with Crippen molar-refractivity contribution in [2.75, 3.05) is 6.54 Å². The predicted molar refractivity (Wildman–Crippen MR) is 84.4 cm³/mol. The lowest BCUT2D eigenvalue weighted by atomic mass is 10.0. The first-order valence-corrected chi connectivity index (χ1v) is 7.51. The fraction of sp³-hybridized carbons (Fsp3) is 0.400. The second-order valence-electron chi connectivity index (χ2n) is 4.94. The van der Waals surface area contributed by atoms with Crippen molar-refractivity contribution in [3.8, 4) is 0 Å². The average molecular weight is 312 g/mol. The Bertz CT molecular complexity index is 546. The van der Waals surface area contributed by atoms with Gasteiger partial charge in [0.15, 0.2) is 0 Å². The fourth-order valence-electron chi connectivity index (χ4n) is 2.22. The number of benzene rings is 1. The Balaban J connectivity index is 2.21. The van der Waals surface area contributed by atoms with Crippen LogP contribution >= 0.6 is 23.2 Å². The number of aromatic nitrogens is 2. The molecule has 0 saturated carbocycles. The SMILES string of the molecule is CCCNC(Cc1cnn(C)c1)c1cc(Cl)cc(Cl)c1. The number of rotatable bonds is 6. The maximum atomic E-state index is 6.11. The van der Waals surface area contributed by atoms with E-state index in [-0.39, 0.29) is 6.04 Å². The van der Waals surface area contributed by atoms with Gasteiger partial charge in [-0.3, -0.25) is 4.68 Å². The molecule has 1 N–H and O–H groups in total. The topological polar surface area (TPSA) is 29.9 Å². The van der Waals surface area contributed by atoms with Gasteiger partial charge >= 0.3 is 0 Å². The van der Waals surface area contributed by atoms with Gasteiger partial charge in [0.1, 0.15) is 0 Å². The summed E-state index contributed by atoms with van der Waals surface area (Å²) in [5.74, 6) is 0. The number of hydrogen-bond donors (Lipinski definition) is 1. The van der Waals surface area contributed by atoms with E-state index in [9.17, 15) is 0 Å². The maximum Gasteiger partial charge on any atom is 0.0522 e. The van der Waals surface area contributed by atoms with Crippen LogP contribution in [0.3, 0.4) is 0 Å². The van der Waals surface area contributed by atoms with Crippen LogP contribution in [0.5, 0.6) is 0 Å². The molecule has 2 aromatic rings. The lowest BCUT2D eigenvalue weighted by Crippen LogP contribution is -2.24. The minimum atomic E-state index is 0.190. The van der Waals surface area contributed by atoms with E-state index in [4.69, 9.17) is 23.2 Å². The highest BCUT2D eigenvalue weighted by molar-refractivity contribution is 6.34. The molecule has 20 heavy (non-hydrogen) atoms. The third kappa shape index (κ3) is 4.23. The molecule has 1 atom stereocenters. The van der Waals surface area contributed by atoms with Crippen molar-refractivity contribution in [3.05, 3.63) is 51.8 Å². The van der Waals surface area contributed by atoms with Crippen LogP contribution in [0.1, 0.15) is 30.5 Å². The van der Waals surface area contributed by atoms with Crippen molar-refractivity contribution in [2.45, 2.75) is 25.8 Å². The third-order valence-corrected chi connectivity index (χ3v) is 3.56. The molecular weight excluding hydrogens is 293 g/mol. The van der Waals surface area contributed by atoms with Gasteiger partial charge < -0.3 is 5.32 Å². The number of nitrogens with zero attached hydrogens (tertiary/aromatic N) is 2. The van der Waals surface area contributed by atoms with Crippen LogP contribution in [0, 0.1) is 0 Å². The first-order valence-electron chi connectivity index (χ1n) is 6.75. The maximum absolute atomic E-state index is 6.11. The van der Waals surface area contributed by atoms with E-state index in [1.165, 1.54) is 5.56 Å². The molecule has 0 saturated heterocycles. The van der Waals surface area contributed by atoms with E-state index in [2.05, 4.69) is 17.3 Å². The molecule has 0 aliphatic heterocycles. The molecule has 0 bridgehead atoms. The van der Waals surface area contributed by atoms with Gasteiger partial charge in [0.2, 0.25) is 0 Å². The normalized spacial score (nSPS) is 12.6. The van der Waals surface area contributed by atoms with Crippen molar-refractivity contribution >= 4 is 23.2 Å². The first kappa shape index (κ1) is 15.4. The summed E-state index contributed by atoms with van der Waals surface area (Å²) in [6, 6.07) is 5.89. The molecule has 0 fully saturated rings. The quantitative estimate of drug-likeness (QED) is 0.873. The van der Waals surface area contributed by atoms with Gasteiger partial charge in [-0.2, -0.15) is 5.10 Å². The number of hydrogen-bond acceptors (Lipinski definition) is 2. The van der Waals surface area contributed by atoms with Gasteiger partial charge in [0.05, 0.1) is 6.20 Å². The van der Waals surface area contributed by atoms with E-state index in [0.29, 0.717) is 10.0 Å². The summed E-state index contributed by atoms with van der Waals surface area (Å²) in [6.07, 6.45) is 5.88. The molecular formula is C15H19Cl2N3. The summed E-state index contributed by atoms with van der Waals surface area (Å²) >= 11 is 12.2. The van der Waals surface area contributed by atoms with Gasteiger partial charge in [-0.1, -0.05) is 30.1 Å². The van der Waals surface area contributed by atoms with E-state index in [1.54, 1.807) is 6.07 Å². The standard InChI is InChI=1S/C15H19Cl2N3/c1-3-4-18-15(5-11-9-19-20(2)10-11)12-6-13(16)8-14(17)7-12/h6-10,15,18H,3-5H2,1-2H3. The van der Waals surface area contributed by atoms with Crippen LogP contribution in [0.4, 0.5) is 0 Å². The van der Waals surface area contributed by atoms with Crippen LogP contribution in [0.15, 0.2) is 30.6 Å². The Hall–Kier alpha value is -1.03. The molecule has 5 heteroatoms. The molecule has 0 radical (unpaired) electrons. The molecule has 0 aliphatic carbocycles. The van der Waals surface area contributed by atoms with Crippen molar-refractivity contribution < 1.29 is 0 Å². The van der Waals surface area contributed by atoms with Gasteiger partial charge in [-0.25, -0.2) is 0 Å². The van der Waals surface area contributed by atoms with Gasteiger partial charge in [0, 0.05) is 29.3 Å². The van der Waals surface area contributed by atoms with Crippen LogP contribution in [-0.4, -0.2) is 16.3 Å². The number of nitrogens with one attached hydrogen (secondary N) is 1. The van der Waals surface area contributed by atoms with Crippen LogP contribution in [0.25, 0.3) is 0 Å². The van der Waals surface area contributed by atoms with Crippen molar-refractivity contribution in [1.29, 1.82) is 0 Å². The monoisotopic (exact) mass is 311 g/mol. The van der Waals surface area contributed by atoms with E-state index >= 15 is 0 Å². The zero-order chi connectivity index (χ0) is 14.5. The Morgan fingerprint density at radius 2 is 1.95 bits per heavy atom. The van der Waals surface area contributed by atoms with Crippen molar-refractivity contribution in [2.24, 2.45) is 7.05 Å². The minimum absolute atomic E-state index is 0.190. The zero-order valence-corrected chi connectivity index (χ0v) is 13.2. The molecule has 3 nitrogen and oxygen atoms in total. The van der Waals surface area contributed by atoms with E-state index in [1.807, 2.05) is 36.3 Å². The average Bonchev–Trinajstić information content (AvgIpc) is 2.79. The minimum Gasteiger partial charge on any atom is -0.310 e. The Morgan fingerprint density at radius 1 is 1.25 bits per heavy atom. The summed E-state index contributed by atoms with van der Waals surface area (Å²) in [4.78, 5) is 0. The number of halogens is 2. The second-order valence-corrected chi connectivity index (χ2v) is 5.81. The lowest BCUT2D eigenvalue weighted by Gasteiger charge is -2.19. The summed E-state index contributed by atoms with van der Waals surface area (Å²) in [5, 5.41) is 9.10. The first-order chi connectivity index (χ1) is 9.58.